The van der Waals surface area contributed by atoms with Gasteiger partial charge in [0.25, 0.3) is 5.91 Å². The van der Waals surface area contributed by atoms with Crippen molar-refractivity contribution in [1.29, 1.82) is 0 Å². The molecule has 1 aliphatic heterocycles. The molecule has 2 aromatic carbocycles. The summed E-state index contributed by atoms with van der Waals surface area (Å²) in [6, 6.07) is 12.2. The maximum Gasteiger partial charge on any atom is 0.262 e. The van der Waals surface area contributed by atoms with Gasteiger partial charge in [0.2, 0.25) is 0 Å². The van der Waals surface area contributed by atoms with Crippen LogP contribution >= 0.6 is 11.3 Å². The number of carbonyl (C=O) groups excluding carboxylic acids is 1. The fourth-order valence-electron chi connectivity index (χ4n) is 3.50. The Labute approximate surface area is 174 Å². The Morgan fingerprint density at radius 1 is 1.21 bits per heavy atom. The molecular weight excluding hydrogens is 382 g/mol. The fraction of sp³-hybridized carbons (Fsp3) is 0.304. The molecule has 0 spiro atoms. The Morgan fingerprint density at radius 2 is 2.00 bits per heavy atom. The first-order valence-corrected chi connectivity index (χ1v) is 10.8. The number of aromatic nitrogens is 1. The molecule has 1 aromatic heterocycles. The van der Waals surface area contributed by atoms with Gasteiger partial charge in [-0.1, -0.05) is 31.5 Å². The van der Waals surface area contributed by atoms with E-state index in [0.717, 1.165) is 46.8 Å². The lowest BCUT2D eigenvalue weighted by Gasteiger charge is -2.19. The lowest BCUT2D eigenvalue weighted by Crippen LogP contribution is -2.25. The van der Waals surface area contributed by atoms with Gasteiger partial charge in [-0.15, -0.1) is 11.3 Å². The van der Waals surface area contributed by atoms with Gasteiger partial charge in [0.05, 0.1) is 17.1 Å². The predicted molar refractivity (Wildman–Crippen MR) is 118 cm³/mol. The van der Waals surface area contributed by atoms with Crippen LogP contribution in [0.2, 0.25) is 0 Å². The molecule has 0 saturated heterocycles. The number of nitrogens with zero attached hydrogens (tertiary/aromatic N) is 2. The first kappa shape index (κ1) is 19.5. The van der Waals surface area contributed by atoms with Crippen molar-refractivity contribution in [3.8, 4) is 17.0 Å². The molecule has 0 aliphatic carbocycles. The quantitative estimate of drug-likeness (QED) is 0.632. The summed E-state index contributed by atoms with van der Waals surface area (Å²) in [4.78, 5) is 17.7. The zero-order valence-corrected chi connectivity index (χ0v) is 17.8. The number of unbranched alkanes of at least 4 members (excludes halogenated alkanes) is 1. The zero-order valence-electron chi connectivity index (χ0n) is 17.0. The Hall–Kier alpha value is -2.86. The third-order valence-electron chi connectivity index (χ3n) is 5.09. The van der Waals surface area contributed by atoms with Crippen molar-refractivity contribution in [1.82, 2.24) is 4.57 Å². The van der Waals surface area contributed by atoms with Gasteiger partial charge in [-0.25, -0.2) is 4.99 Å². The smallest absolute Gasteiger partial charge is 0.262 e. The first-order chi connectivity index (χ1) is 14.1. The molecule has 0 radical (unpaired) electrons. The largest absolute Gasteiger partial charge is 0.482 e. The SMILES string of the molecule is CCCCn1c(-c2ccc3c(c2)NC(=O)CO3)csc1=Nc1c(C)cccc1C. The summed E-state index contributed by atoms with van der Waals surface area (Å²) in [6.45, 7) is 7.37. The van der Waals surface area contributed by atoms with Crippen LogP contribution in [-0.4, -0.2) is 17.1 Å². The van der Waals surface area contributed by atoms with Crippen molar-refractivity contribution in [3.05, 3.63) is 57.7 Å². The molecule has 1 aliphatic rings. The molecule has 0 saturated carbocycles. The Morgan fingerprint density at radius 3 is 2.76 bits per heavy atom. The number of fused-ring (bicyclic) bond motifs is 1. The van der Waals surface area contributed by atoms with Crippen LogP contribution < -0.4 is 14.9 Å². The summed E-state index contributed by atoms with van der Waals surface area (Å²) in [5, 5.41) is 5.05. The molecule has 150 valence electrons. The summed E-state index contributed by atoms with van der Waals surface area (Å²) in [6.07, 6.45) is 2.19. The average Bonchev–Trinajstić information content (AvgIpc) is 3.11. The van der Waals surface area contributed by atoms with E-state index in [2.05, 4.69) is 54.2 Å². The predicted octanol–water partition coefficient (Wildman–Crippen LogP) is 5.20. The number of carbonyl (C=O) groups is 1. The third-order valence-corrected chi connectivity index (χ3v) is 5.95. The van der Waals surface area contributed by atoms with Crippen LogP contribution in [0.3, 0.4) is 0 Å². The number of hydrogen-bond donors (Lipinski definition) is 1. The summed E-state index contributed by atoms with van der Waals surface area (Å²) < 4.78 is 7.78. The standard InChI is InChI=1S/C23H25N3O2S/c1-4-5-11-26-19(17-9-10-20-18(12-17)24-21(27)13-28-20)14-29-23(26)25-22-15(2)7-6-8-16(22)3/h6-10,12,14H,4-5,11,13H2,1-3H3,(H,24,27). The minimum absolute atomic E-state index is 0.0695. The highest BCUT2D eigenvalue weighted by Crippen LogP contribution is 2.33. The second-order valence-electron chi connectivity index (χ2n) is 7.31. The van der Waals surface area contributed by atoms with Gasteiger partial charge >= 0.3 is 0 Å². The van der Waals surface area contributed by atoms with Crippen LogP contribution in [0.1, 0.15) is 30.9 Å². The van der Waals surface area contributed by atoms with Crippen LogP contribution in [0.5, 0.6) is 5.75 Å². The minimum atomic E-state index is -0.121. The van der Waals surface area contributed by atoms with E-state index in [0.29, 0.717) is 5.75 Å². The molecule has 0 bridgehead atoms. The summed E-state index contributed by atoms with van der Waals surface area (Å²) >= 11 is 1.65. The Balaban J connectivity index is 1.82. The van der Waals surface area contributed by atoms with Crippen LogP contribution in [0, 0.1) is 13.8 Å². The van der Waals surface area contributed by atoms with E-state index < -0.39 is 0 Å². The minimum Gasteiger partial charge on any atom is -0.482 e. The highest BCUT2D eigenvalue weighted by Gasteiger charge is 2.18. The van der Waals surface area contributed by atoms with Crippen LogP contribution in [-0.2, 0) is 11.3 Å². The molecule has 0 atom stereocenters. The molecule has 6 heteroatoms. The van der Waals surface area contributed by atoms with Crippen molar-refractivity contribution in [2.45, 2.75) is 40.2 Å². The highest BCUT2D eigenvalue weighted by molar-refractivity contribution is 7.07. The lowest BCUT2D eigenvalue weighted by molar-refractivity contribution is -0.118. The van der Waals surface area contributed by atoms with E-state index in [1.807, 2.05) is 18.2 Å². The molecule has 0 unspecified atom stereocenters. The first-order valence-electron chi connectivity index (χ1n) is 9.93. The number of anilines is 1. The van der Waals surface area contributed by atoms with Crippen molar-refractivity contribution in [2.75, 3.05) is 11.9 Å². The summed E-state index contributed by atoms with van der Waals surface area (Å²) in [5.41, 5.74) is 6.27. The number of para-hydroxylation sites is 1. The molecule has 0 fully saturated rings. The van der Waals surface area contributed by atoms with Crippen LogP contribution in [0.25, 0.3) is 11.3 Å². The van der Waals surface area contributed by atoms with Crippen molar-refractivity contribution < 1.29 is 9.53 Å². The third kappa shape index (κ3) is 3.98. The lowest BCUT2D eigenvalue weighted by atomic mass is 10.1. The fourth-order valence-corrected chi connectivity index (χ4v) is 4.44. The second kappa shape index (κ2) is 8.25. The molecule has 2 heterocycles. The van der Waals surface area contributed by atoms with E-state index >= 15 is 0 Å². The summed E-state index contributed by atoms with van der Waals surface area (Å²) in [7, 11) is 0. The van der Waals surface area contributed by atoms with Crippen LogP contribution in [0.15, 0.2) is 46.8 Å². The van der Waals surface area contributed by atoms with Gasteiger partial charge in [0, 0.05) is 17.5 Å². The molecule has 1 N–H and O–H groups in total. The van der Waals surface area contributed by atoms with Gasteiger partial charge < -0.3 is 14.6 Å². The molecular formula is C23H25N3O2S. The molecule has 29 heavy (non-hydrogen) atoms. The van der Waals surface area contributed by atoms with E-state index in [-0.39, 0.29) is 12.5 Å². The van der Waals surface area contributed by atoms with Gasteiger partial charge in [-0.3, -0.25) is 4.79 Å². The van der Waals surface area contributed by atoms with E-state index in [1.165, 1.54) is 11.1 Å². The van der Waals surface area contributed by atoms with E-state index in [4.69, 9.17) is 9.73 Å². The molecule has 1 amide bonds. The van der Waals surface area contributed by atoms with Crippen molar-refractivity contribution >= 4 is 28.6 Å². The number of ether oxygens (including phenoxy) is 1. The second-order valence-corrected chi connectivity index (χ2v) is 8.15. The highest BCUT2D eigenvalue weighted by atomic mass is 32.1. The number of nitrogens with one attached hydrogen (secondary N) is 1. The molecule has 5 nitrogen and oxygen atoms in total. The zero-order chi connectivity index (χ0) is 20.4. The number of hydrogen-bond acceptors (Lipinski definition) is 4. The Bertz CT molecular complexity index is 1110. The van der Waals surface area contributed by atoms with Gasteiger partial charge in [0.15, 0.2) is 11.4 Å². The molecule has 3 aromatic rings. The van der Waals surface area contributed by atoms with Gasteiger partial charge in [-0.2, -0.15) is 0 Å². The van der Waals surface area contributed by atoms with Crippen LogP contribution in [0.4, 0.5) is 11.4 Å². The number of amides is 1. The Kier molecular flexibility index (Phi) is 5.53. The van der Waals surface area contributed by atoms with Gasteiger partial charge in [0.1, 0.15) is 5.75 Å². The number of thiazole rings is 1. The maximum atomic E-state index is 11.7. The average molecular weight is 408 g/mol. The van der Waals surface area contributed by atoms with Gasteiger partial charge in [-0.05, 0) is 49.6 Å². The summed E-state index contributed by atoms with van der Waals surface area (Å²) in [5.74, 6) is 0.591. The van der Waals surface area contributed by atoms with E-state index in [1.54, 1.807) is 11.3 Å². The normalized spacial score (nSPS) is 13.8. The van der Waals surface area contributed by atoms with Crippen molar-refractivity contribution in [3.63, 3.8) is 0 Å². The topological polar surface area (TPSA) is 55.6 Å². The molecule has 4 rings (SSSR count). The number of benzene rings is 2. The maximum absolute atomic E-state index is 11.7. The van der Waals surface area contributed by atoms with E-state index in [9.17, 15) is 4.79 Å². The monoisotopic (exact) mass is 407 g/mol. The number of aryl methyl sites for hydroxylation is 2. The number of rotatable bonds is 5. The van der Waals surface area contributed by atoms with Crippen molar-refractivity contribution in [2.24, 2.45) is 4.99 Å².